The van der Waals surface area contributed by atoms with Gasteiger partial charge in [-0.15, -0.1) is 0 Å². The number of nitrogens with one attached hydrogen (secondary N) is 1. The first-order chi connectivity index (χ1) is 7.60. The summed E-state index contributed by atoms with van der Waals surface area (Å²) in [7, 11) is 0. The Labute approximate surface area is 106 Å². The Balaban J connectivity index is 2.89. The summed E-state index contributed by atoms with van der Waals surface area (Å²) >= 11 is 3.27. The minimum atomic E-state index is -0.127. The van der Waals surface area contributed by atoms with Gasteiger partial charge in [0.1, 0.15) is 5.82 Å². The SMILES string of the molecule is CCNC(CC)C(C)c1ccc(Br)cc1F. The second-order valence-corrected chi connectivity index (χ2v) is 4.94. The molecule has 2 unspecified atom stereocenters. The van der Waals surface area contributed by atoms with Gasteiger partial charge in [0, 0.05) is 10.5 Å². The fourth-order valence-electron chi connectivity index (χ4n) is 2.02. The van der Waals surface area contributed by atoms with E-state index in [-0.39, 0.29) is 11.7 Å². The Bertz CT molecular complexity index is 341. The van der Waals surface area contributed by atoms with E-state index in [1.54, 1.807) is 0 Å². The van der Waals surface area contributed by atoms with Crippen LogP contribution in [0, 0.1) is 5.82 Å². The molecule has 0 aliphatic rings. The lowest BCUT2D eigenvalue weighted by atomic mass is 9.91. The van der Waals surface area contributed by atoms with Gasteiger partial charge in [-0.25, -0.2) is 4.39 Å². The highest BCUT2D eigenvalue weighted by Gasteiger charge is 2.19. The minimum Gasteiger partial charge on any atom is -0.314 e. The van der Waals surface area contributed by atoms with Crippen molar-refractivity contribution in [1.82, 2.24) is 5.32 Å². The van der Waals surface area contributed by atoms with Crippen molar-refractivity contribution in [2.75, 3.05) is 6.54 Å². The Kier molecular flexibility index (Phi) is 5.42. The summed E-state index contributed by atoms with van der Waals surface area (Å²) in [4.78, 5) is 0. The maximum atomic E-state index is 13.8. The lowest BCUT2D eigenvalue weighted by Gasteiger charge is -2.24. The molecule has 16 heavy (non-hydrogen) atoms. The van der Waals surface area contributed by atoms with E-state index in [2.05, 4.69) is 42.0 Å². The molecule has 0 spiro atoms. The van der Waals surface area contributed by atoms with Gasteiger partial charge in [-0.3, -0.25) is 0 Å². The molecule has 1 N–H and O–H groups in total. The second-order valence-electron chi connectivity index (χ2n) is 4.03. The highest BCUT2D eigenvalue weighted by Crippen LogP contribution is 2.26. The molecule has 1 rings (SSSR count). The van der Waals surface area contributed by atoms with Gasteiger partial charge in [0.15, 0.2) is 0 Å². The van der Waals surface area contributed by atoms with Gasteiger partial charge in [-0.1, -0.05) is 42.8 Å². The summed E-state index contributed by atoms with van der Waals surface area (Å²) in [5.41, 5.74) is 0.788. The van der Waals surface area contributed by atoms with Gasteiger partial charge in [-0.05, 0) is 36.6 Å². The predicted octanol–water partition coefficient (Wildman–Crippen LogP) is 4.08. The molecular formula is C13H19BrFN. The summed E-state index contributed by atoms with van der Waals surface area (Å²) in [6.07, 6.45) is 1.00. The molecular weight excluding hydrogens is 269 g/mol. The molecule has 90 valence electrons. The van der Waals surface area contributed by atoms with Crippen LogP contribution < -0.4 is 5.32 Å². The molecule has 0 fully saturated rings. The summed E-state index contributed by atoms with van der Waals surface area (Å²) < 4.78 is 14.6. The van der Waals surface area contributed by atoms with Crippen LogP contribution in [0.3, 0.4) is 0 Å². The highest BCUT2D eigenvalue weighted by molar-refractivity contribution is 9.10. The zero-order chi connectivity index (χ0) is 12.1. The summed E-state index contributed by atoms with van der Waals surface area (Å²) in [5, 5.41) is 3.39. The monoisotopic (exact) mass is 287 g/mol. The molecule has 0 aliphatic carbocycles. The molecule has 3 heteroatoms. The van der Waals surface area contributed by atoms with Crippen LogP contribution >= 0.6 is 15.9 Å². The molecule has 0 saturated heterocycles. The fraction of sp³-hybridized carbons (Fsp3) is 0.538. The number of benzene rings is 1. The number of hydrogen-bond donors (Lipinski definition) is 1. The van der Waals surface area contributed by atoms with Crippen molar-refractivity contribution in [2.24, 2.45) is 0 Å². The van der Waals surface area contributed by atoms with Crippen LogP contribution in [0.5, 0.6) is 0 Å². The molecule has 0 aromatic heterocycles. The van der Waals surface area contributed by atoms with Crippen molar-refractivity contribution < 1.29 is 4.39 Å². The molecule has 0 heterocycles. The molecule has 1 aromatic rings. The molecule has 0 saturated carbocycles. The summed E-state index contributed by atoms with van der Waals surface area (Å²) in [5.74, 6) is 0.0660. The third-order valence-corrected chi connectivity index (χ3v) is 3.46. The zero-order valence-corrected chi connectivity index (χ0v) is 11.6. The van der Waals surface area contributed by atoms with Crippen LogP contribution in [0.25, 0.3) is 0 Å². The second kappa shape index (κ2) is 6.36. The number of halogens is 2. The molecule has 0 aliphatic heterocycles. The average molecular weight is 288 g/mol. The predicted molar refractivity (Wildman–Crippen MR) is 70.3 cm³/mol. The molecule has 1 nitrogen and oxygen atoms in total. The first-order valence-corrected chi connectivity index (χ1v) is 6.57. The van der Waals surface area contributed by atoms with Crippen LogP contribution in [0.2, 0.25) is 0 Å². The number of hydrogen-bond acceptors (Lipinski definition) is 1. The molecule has 0 radical (unpaired) electrons. The van der Waals surface area contributed by atoms with Crippen molar-refractivity contribution in [3.63, 3.8) is 0 Å². The molecule has 0 amide bonds. The summed E-state index contributed by atoms with van der Waals surface area (Å²) in [6, 6.07) is 5.63. The van der Waals surface area contributed by atoms with Gasteiger partial charge in [0.25, 0.3) is 0 Å². The van der Waals surface area contributed by atoms with Gasteiger partial charge in [0.05, 0.1) is 0 Å². The van der Waals surface area contributed by atoms with Crippen LogP contribution in [0.4, 0.5) is 4.39 Å². The molecule has 2 atom stereocenters. The van der Waals surface area contributed by atoms with Crippen LogP contribution in [0.15, 0.2) is 22.7 Å². The third kappa shape index (κ3) is 3.29. The first kappa shape index (κ1) is 13.7. The van der Waals surface area contributed by atoms with Crippen molar-refractivity contribution in [3.05, 3.63) is 34.1 Å². The van der Waals surface area contributed by atoms with Gasteiger partial charge in [0.2, 0.25) is 0 Å². The quantitative estimate of drug-likeness (QED) is 0.861. The van der Waals surface area contributed by atoms with E-state index >= 15 is 0 Å². The van der Waals surface area contributed by atoms with Crippen LogP contribution in [-0.2, 0) is 0 Å². The van der Waals surface area contributed by atoms with E-state index < -0.39 is 0 Å². The van der Waals surface area contributed by atoms with E-state index in [0.717, 1.165) is 23.0 Å². The number of rotatable bonds is 5. The van der Waals surface area contributed by atoms with E-state index in [1.807, 2.05) is 12.1 Å². The Hall–Kier alpha value is -0.410. The van der Waals surface area contributed by atoms with Gasteiger partial charge < -0.3 is 5.32 Å². The van der Waals surface area contributed by atoms with Crippen LogP contribution in [0.1, 0.15) is 38.7 Å². The van der Waals surface area contributed by atoms with Crippen molar-refractivity contribution >= 4 is 15.9 Å². The normalized spacial score (nSPS) is 14.8. The van der Waals surface area contributed by atoms with Crippen molar-refractivity contribution in [2.45, 2.75) is 39.2 Å². The zero-order valence-electron chi connectivity index (χ0n) is 10.1. The smallest absolute Gasteiger partial charge is 0.127 e. The Morgan fingerprint density at radius 1 is 1.38 bits per heavy atom. The maximum absolute atomic E-state index is 13.8. The van der Waals surface area contributed by atoms with E-state index in [1.165, 1.54) is 6.07 Å². The van der Waals surface area contributed by atoms with E-state index in [9.17, 15) is 4.39 Å². The molecule has 1 aromatic carbocycles. The number of likely N-dealkylation sites (N-methyl/N-ethyl adjacent to an activating group) is 1. The molecule has 0 bridgehead atoms. The highest BCUT2D eigenvalue weighted by atomic mass is 79.9. The minimum absolute atomic E-state index is 0.127. The Morgan fingerprint density at radius 2 is 2.06 bits per heavy atom. The Morgan fingerprint density at radius 3 is 2.56 bits per heavy atom. The first-order valence-electron chi connectivity index (χ1n) is 5.78. The lowest BCUT2D eigenvalue weighted by Crippen LogP contribution is -2.33. The van der Waals surface area contributed by atoms with Crippen LogP contribution in [-0.4, -0.2) is 12.6 Å². The summed E-state index contributed by atoms with van der Waals surface area (Å²) in [6.45, 7) is 7.19. The lowest BCUT2D eigenvalue weighted by molar-refractivity contribution is 0.436. The standard InChI is InChI=1S/C13H19BrFN/c1-4-13(16-5-2)9(3)11-7-6-10(14)8-12(11)15/h6-9,13,16H,4-5H2,1-3H3. The largest absolute Gasteiger partial charge is 0.314 e. The topological polar surface area (TPSA) is 12.0 Å². The maximum Gasteiger partial charge on any atom is 0.127 e. The van der Waals surface area contributed by atoms with Gasteiger partial charge in [-0.2, -0.15) is 0 Å². The van der Waals surface area contributed by atoms with Crippen molar-refractivity contribution in [3.8, 4) is 0 Å². The van der Waals surface area contributed by atoms with Gasteiger partial charge >= 0.3 is 0 Å². The van der Waals surface area contributed by atoms with E-state index in [0.29, 0.717) is 6.04 Å². The average Bonchev–Trinajstić information content (AvgIpc) is 2.25. The van der Waals surface area contributed by atoms with Crippen molar-refractivity contribution in [1.29, 1.82) is 0 Å². The third-order valence-electron chi connectivity index (χ3n) is 2.96. The fourth-order valence-corrected chi connectivity index (χ4v) is 2.36. The van der Waals surface area contributed by atoms with E-state index in [4.69, 9.17) is 0 Å².